The minimum Gasteiger partial charge on any atom is -0.375 e. The van der Waals surface area contributed by atoms with Crippen LogP contribution in [0.4, 0.5) is 22.3 Å². The van der Waals surface area contributed by atoms with Gasteiger partial charge in [0, 0.05) is 96.9 Å². The summed E-state index contributed by atoms with van der Waals surface area (Å²) in [5, 5.41) is 17.4. The van der Waals surface area contributed by atoms with Crippen LogP contribution in [0.2, 0.25) is 0 Å². The molecule has 0 spiro atoms. The molecule has 1 atom stereocenters. The number of aryl methyl sites for hydroxylation is 2. The Bertz CT molecular complexity index is 3120. The maximum absolute atomic E-state index is 5.21. The number of nitrogens with zero attached hydrogens (tertiary/aromatic N) is 7. The van der Waals surface area contributed by atoms with Gasteiger partial charge in [0.25, 0.3) is 0 Å². The lowest BCUT2D eigenvalue weighted by molar-refractivity contribution is 0.190. The number of piperidine rings is 2. The molecule has 0 radical (unpaired) electrons. The highest BCUT2D eigenvalue weighted by atomic mass is 32.1. The molecule has 3 aliphatic rings. The Labute approximate surface area is 417 Å². The molecule has 11 heteroatoms. The molecule has 10 nitrogen and oxygen atoms in total. The third-order valence-electron chi connectivity index (χ3n) is 14.8. The number of thiazole rings is 1. The number of allylic oxidation sites excluding steroid dienone is 2. The number of nitrogens with one attached hydrogen (secondary N) is 3. The van der Waals surface area contributed by atoms with Crippen molar-refractivity contribution in [1.29, 1.82) is 0 Å². The van der Waals surface area contributed by atoms with E-state index in [4.69, 9.17) is 15.1 Å². The van der Waals surface area contributed by atoms with E-state index in [1.54, 1.807) is 11.3 Å². The fraction of sp³-hybridized carbons (Fsp3) is 0.305. The molecule has 4 aromatic carbocycles. The smallest absolute Gasteiger partial charge is 0.188 e. The van der Waals surface area contributed by atoms with Gasteiger partial charge in [0.2, 0.25) is 0 Å². The average molecular weight is 947 g/mol. The Morgan fingerprint density at radius 2 is 1.73 bits per heavy atom. The van der Waals surface area contributed by atoms with E-state index >= 15 is 0 Å². The lowest BCUT2D eigenvalue weighted by atomic mass is 9.90. The van der Waals surface area contributed by atoms with Crippen LogP contribution in [0.15, 0.2) is 141 Å². The maximum atomic E-state index is 5.21. The van der Waals surface area contributed by atoms with Crippen molar-refractivity contribution in [2.75, 3.05) is 60.2 Å². The lowest BCUT2D eigenvalue weighted by Crippen LogP contribution is -2.36. The molecule has 0 bridgehead atoms. The van der Waals surface area contributed by atoms with Gasteiger partial charge in [0.1, 0.15) is 5.82 Å². The number of hydrogen-bond donors (Lipinski definition) is 3. The molecule has 358 valence electrons. The second-order valence-corrected chi connectivity index (χ2v) is 20.6. The first-order valence-corrected chi connectivity index (χ1v) is 25.7. The van der Waals surface area contributed by atoms with Crippen LogP contribution in [-0.2, 0) is 20.0 Å². The Kier molecular flexibility index (Phi) is 13.5. The van der Waals surface area contributed by atoms with Crippen LogP contribution in [0.1, 0.15) is 78.1 Å². The van der Waals surface area contributed by atoms with Crippen molar-refractivity contribution in [2.24, 2.45) is 13.0 Å². The second kappa shape index (κ2) is 20.2. The van der Waals surface area contributed by atoms with E-state index in [9.17, 15) is 0 Å². The number of hydrogen-bond acceptors (Lipinski definition) is 10. The van der Waals surface area contributed by atoms with Crippen LogP contribution in [0.3, 0.4) is 0 Å². The number of benzene rings is 4. The molecule has 0 aliphatic carbocycles. The van der Waals surface area contributed by atoms with E-state index in [0.29, 0.717) is 0 Å². The van der Waals surface area contributed by atoms with Crippen molar-refractivity contribution in [3.8, 4) is 11.1 Å². The summed E-state index contributed by atoms with van der Waals surface area (Å²) in [6, 6.07) is 32.5. The fourth-order valence-electron chi connectivity index (χ4n) is 10.9. The van der Waals surface area contributed by atoms with Gasteiger partial charge >= 0.3 is 0 Å². The Morgan fingerprint density at radius 3 is 2.53 bits per heavy atom. The first kappa shape index (κ1) is 46.8. The van der Waals surface area contributed by atoms with Gasteiger partial charge in [0.05, 0.1) is 27.1 Å². The van der Waals surface area contributed by atoms with E-state index in [1.807, 2.05) is 29.9 Å². The number of anilines is 4. The second-order valence-electron chi connectivity index (χ2n) is 19.6. The van der Waals surface area contributed by atoms with Crippen molar-refractivity contribution < 1.29 is 0 Å². The molecule has 7 aromatic rings. The monoisotopic (exact) mass is 947 g/mol. The molecule has 3 aliphatic heterocycles. The standard InChI is InChI=1S/C59H66N10S/c1-9-53-50(25-26-57(63-53)69-33-29-44-15-12-16-48(52(44)37-69)41(5)62-59-64-54-17-10-11-18-56(54)70-59)47-24-21-46(34-38(47)2)66(7)30-13-14-43-27-31-68(32-28-43)36-40(4)61-45-20-23-51-55(35-45)67(8)65-58(51)49-22-19-39(3)60-42(49)6/h9-12,15-18,20-21,23-26,34-35,43,49,60-61H,1,3-6,13-14,19,22,27-33,36-37H2,2,7-8H3,(H,62,64). The zero-order valence-corrected chi connectivity index (χ0v) is 42.0. The Hall–Kier alpha value is -6.95. The van der Waals surface area contributed by atoms with Gasteiger partial charge in [0.15, 0.2) is 5.13 Å². The van der Waals surface area contributed by atoms with Crippen molar-refractivity contribution in [3.05, 3.63) is 175 Å². The van der Waals surface area contributed by atoms with Gasteiger partial charge < -0.3 is 25.8 Å². The predicted molar refractivity (Wildman–Crippen MR) is 297 cm³/mol. The van der Waals surface area contributed by atoms with Crippen LogP contribution in [0.5, 0.6) is 0 Å². The van der Waals surface area contributed by atoms with Crippen LogP contribution >= 0.6 is 11.3 Å². The molecule has 2 saturated heterocycles. The molecule has 0 saturated carbocycles. The summed E-state index contributed by atoms with van der Waals surface area (Å²) < 4.78 is 3.15. The summed E-state index contributed by atoms with van der Waals surface area (Å²) >= 11 is 1.65. The van der Waals surface area contributed by atoms with Gasteiger partial charge in [-0.1, -0.05) is 80.6 Å². The van der Waals surface area contributed by atoms with Gasteiger partial charge in [-0.3, -0.25) is 9.58 Å². The van der Waals surface area contributed by atoms with E-state index in [-0.39, 0.29) is 5.92 Å². The predicted octanol–water partition coefficient (Wildman–Crippen LogP) is 12.9. The number of rotatable bonds is 16. The zero-order chi connectivity index (χ0) is 48.5. The van der Waals surface area contributed by atoms with Crippen LogP contribution < -0.4 is 25.8 Å². The molecule has 3 aromatic heterocycles. The van der Waals surface area contributed by atoms with Gasteiger partial charge in [-0.15, -0.1) is 0 Å². The molecular weight excluding hydrogens is 881 g/mol. The molecule has 2 fully saturated rings. The lowest BCUT2D eigenvalue weighted by Gasteiger charge is -2.33. The van der Waals surface area contributed by atoms with E-state index < -0.39 is 0 Å². The number of likely N-dealkylation sites (tertiary alicyclic amines) is 1. The average Bonchev–Trinajstić information content (AvgIpc) is 3.93. The summed E-state index contributed by atoms with van der Waals surface area (Å²) in [4.78, 5) is 17.3. The highest BCUT2D eigenvalue weighted by Crippen LogP contribution is 2.38. The molecule has 1 unspecified atom stereocenters. The third-order valence-corrected chi connectivity index (χ3v) is 15.7. The Morgan fingerprint density at radius 1 is 0.900 bits per heavy atom. The summed E-state index contributed by atoms with van der Waals surface area (Å²) in [5.41, 5.74) is 17.6. The van der Waals surface area contributed by atoms with E-state index in [2.05, 4.69) is 156 Å². The van der Waals surface area contributed by atoms with Gasteiger partial charge in [-0.05, 0) is 154 Å². The zero-order valence-electron chi connectivity index (χ0n) is 41.2. The van der Waals surface area contributed by atoms with Crippen molar-refractivity contribution >= 4 is 66.6 Å². The van der Waals surface area contributed by atoms with E-state index in [0.717, 1.165) is 142 Å². The summed E-state index contributed by atoms with van der Waals surface area (Å²) in [6.45, 7) is 29.4. The van der Waals surface area contributed by atoms with Gasteiger partial charge in [-0.25, -0.2) is 9.97 Å². The summed E-state index contributed by atoms with van der Waals surface area (Å²) in [5.74, 6) is 1.90. The first-order chi connectivity index (χ1) is 34.0. The number of pyridine rings is 1. The molecule has 6 heterocycles. The van der Waals surface area contributed by atoms with Crippen LogP contribution in [0.25, 0.3) is 44.0 Å². The number of fused-ring (bicyclic) bond motifs is 3. The SMILES string of the molecule is C=Cc1nc(N2CCc3cccc(C(=C)Nc4nc5ccccc5s4)c3C2)ccc1-c1ccc(N(C)CCCC2CCN(CC(=C)Nc3ccc4c(C5CCC(=C)NC5=C)nn(C)c4c3)CC2)cc1C. The first-order valence-electron chi connectivity index (χ1n) is 24.9. The highest BCUT2D eigenvalue weighted by Gasteiger charge is 2.27. The largest absolute Gasteiger partial charge is 0.375 e. The van der Waals surface area contributed by atoms with Crippen molar-refractivity contribution in [3.63, 3.8) is 0 Å². The highest BCUT2D eigenvalue weighted by molar-refractivity contribution is 7.22. The quantitative estimate of drug-likeness (QED) is 0.0876. The molecule has 3 N–H and O–H groups in total. The van der Waals surface area contributed by atoms with Crippen LogP contribution in [0, 0.1) is 12.8 Å². The third kappa shape index (κ3) is 9.91. The number of aromatic nitrogens is 4. The summed E-state index contributed by atoms with van der Waals surface area (Å²) in [6.07, 6.45) is 9.63. The topological polar surface area (TPSA) is 89.4 Å². The maximum Gasteiger partial charge on any atom is 0.188 e. The summed E-state index contributed by atoms with van der Waals surface area (Å²) in [7, 11) is 4.25. The molecular formula is C59H66N10S. The minimum absolute atomic E-state index is 0.185. The molecule has 0 amide bonds. The fourth-order valence-corrected chi connectivity index (χ4v) is 11.8. The van der Waals surface area contributed by atoms with Gasteiger partial charge in [-0.2, -0.15) is 5.10 Å². The normalized spacial score (nSPS) is 16.6. The van der Waals surface area contributed by atoms with Crippen LogP contribution in [-0.4, -0.2) is 64.4 Å². The van der Waals surface area contributed by atoms with Crippen molar-refractivity contribution in [1.82, 2.24) is 30.0 Å². The number of para-hydroxylation sites is 1. The molecule has 70 heavy (non-hydrogen) atoms. The minimum atomic E-state index is 0.185. The Balaban J connectivity index is 0.694. The van der Waals surface area contributed by atoms with E-state index in [1.165, 1.54) is 59.0 Å². The van der Waals surface area contributed by atoms with Crippen molar-refractivity contribution in [2.45, 2.75) is 64.3 Å². The molecule has 10 rings (SSSR count).